The third kappa shape index (κ3) is 1.51. The van der Waals surface area contributed by atoms with Gasteiger partial charge >= 0.3 is 0 Å². The van der Waals surface area contributed by atoms with Crippen molar-refractivity contribution >= 4 is 11.6 Å². The number of carbonyl (C=O) groups excluding carboxylic acids is 1. The van der Waals surface area contributed by atoms with E-state index in [1.54, 1.807) is 0 Å². The van der Waals surface area contributed by atoms with E-state index in [-0.39, 0.29) is 5.91 Å². The molecule has 2 rings (SSSR count). The van der Waals surface area contributed by atoms with E-state index in [1.165, 1.54) is 0 Å². The Balaban J connectivity index is 2.09. The summed E-state index contributed by atoms with van der Waals surface area (Å²) >= 11 is 0. The van der Waals surface area contributed by atoms with E-state index < -0.39 is 6.04 Å². The number of aryl methyl sites for hydroxylation is 1. The summed E-state index contributed by atoms with van der Waals surface area (Å²) in [5, 5.41) is 10.7. The van der Waals surface area contributed by atoms with Crippen LogP contribution in [0.25, 0.3) is 0 Å². The molecule has 6 heteroatoms. The quantitative estimate of drug-likeness (QED) is 0.566. The first-order valence-corrected chi connectivity index (χ1v) is 4.29. The lowest BCUT2D eigenvalue weighted by atomic mass is 10.1. The highest BCUT2D eigenvalue weighted by molar-refractivity contribution is 6.12. The number of H-pyrrole nitrogens is 1. The molecule has 6 nitrogen and oxygen atoms in total. The molecule has 1 aliphatic heterocycles. The summed E-state index contributed by atoms with van der Waals surface area (Å²) < 4.78 is 0. The number of nitrogens with zero attached hydrogens (tertiary/aromatic N) is 2. The van der Waals surface area contributed by atoms with Crippen LogP contribution in [0.4, 0.5) is 0 Å². The molecular weight excluding hydrogens is 182 g/mol. The molecule has 1 atom stereocenters. The highest BCUT2D eigenvalue weighted by atomic mass is 16.2. The zero-order valence-electron chi connectivity index (χ0n) is 7.74. The second-order valence-electron chi connectivity index (χ2n) is 3.28. The van der Waals surface area contributed by atoms with Gasteiger partial charge < -0.3 is 5.73 Å². The van der Waals surface area contributed by atoms with Crippen molar-refractivity contribution in [2.75, 3.05) is 0 Å². The molecule has 4 N–H and O–H groups in total. The van der Waals surface area contributed by atoms with Gasteiger partial charge in [0.2, 0.25) is 0 Å². The van der Waals surface area contributed by atoms with Gasteiger partial charge in [-0.2, -0.15) is 10.2 Å². The number of aromatic amines is 1. The number of carbonyl (C=O) groups is 1. The molecular formula is C8H11N5O. The predicted molar refractivity (Wildman–Crippen MR) is 50.6 cm³/mol. The topological polar surface area (TPSA) is 96.2 Å². The van der Waals surface area contributed by atoms with Crippen molar-refractivity contribution in [1.82, 2.24) is 15.6 Å². The number of aromatic nitrogens is 2. The monoisotopic (exact) mass is 193 g/mol. The number of amides is 1. The molecule has 0 bridgehead atoms. The van der Waals surface area contributed by atoms with Crippen LogP contribution in [0.5, 0.6) is 0 Å². The van der Waals surface area contributed by atoms with Gasteiger partial charge in [0.05, 0.1) is 11.4 Å². The molecule has 1 aromatic heterocycles. The van der Waals surface area contributed by atoms with Crippen molar-refractivity contribution in [2.45, 2.75) is 19.4 Å². The van der Waals surface area contributed by atoms with E-state index in [0.717, 1.165) is 11.4 Å². The first-order chi connectivity index (χ1) is 6.66. The fraction of sp³-hybridized carbons (Fsp3) is 0.375. The number of nitrogens with one attached hydrogen (secondary N) is 2. The Hall–Kier alpha value is -1.69. The number of nitrogens with two attached hydrogens (primary N) is 1. The van der Waals surface area contributed by atoms with Gasteiger partial charge in [0.25, 0.3) is 5.91 Å². The van der Waals surface area contributed by atoms with Crippen LogP contribution in [0, 0.1) is 6.92 Å². The number of hydrazone groups is 1. The summed E-state index contributed by atoms with van der Waals surface area (Å²) in [6.45, 7) is 1.91. The first kappa shape index (κ1) is 8.89. The van der Waals surface area contributed by atoms with Crippen molar-refractivity contribution in [3.63, 3.8) is 0 Å². The molecule has 0 saturated carbocycles. The van der Waals surface area contributed by atoms with E-state index in [9.17, 15) is 4.79 Å². The van der Waals surface area contributed by atoms with E-state index in [0.29, 0.717) is 12.1 Å². The SMILES string of the molecule is Cc1cc(CC2=NNC(=O)C2N)n[nH]1. The second-order valence-corrected chi connectivity index (χ2v) is 3.28. The summed E-state index contributed by atoms with van der Waals surface area (Å²) in [6, 6.07) is 1.27. The van der Waals surface area contributed by atoms with Crippen LogP contribution in [-0.2, 0) is 11.2 Å². The molecule has 0 spiro atoms. The molecule has 1 aromatic rings. The summed E-state index contributed by atoms with van der Waals surface area (Å²) in [5.41, 5.74) is 10.4. The van der Waals surface area contributed by atoms with Gasteiger partial charge in [0.15, 0.2) is 0 Å². The maximum absolute atomic E-state index is 11.0. The summed E-state index contributed by atoms with van der Waals surface area (Å²) in [5.74, 6) is -0.257. The summed E-state index contributed by atoms with van der Waals surface area (Å²) in [6.07, 6.45) is 0.504. The van der Waals surface area contributed by atoms with Gasteiger partial charge in [-0.05, 0) is 13.0 Å². The van der Waals surface area contributed by atoms with Gasteiger partial charge in [-0.1, -0.05) is 0 Å². The zero-order valence-corrected chi connectivity index (χ0v) is 7.74. The minimum absolute atomic E-state index is 0.257. The van der Waals surface area contributed by atoms with Crippen molar-refractivity contribution in [3.8, 4) is 0 Å². The second kappa shape index (κ2) is 3.22. The Kier molecular flexibility index (Phi) is 2.05. The fourth-order valence-corrected chi connectivity index (χ4v) is 1.32. The highest BCUT2D eigenvalue weighted by Crippen LogP contribution is 2.04. The van der Waals surface area contributed by atoms with Gasteiger partial charge in [-0.25, -0.2) is 5.43 Å². The Morgan fingerprint density at radius 3 is 2.93 bits per heavy atom. The van der Waals surface area contributed by atoms with Crippen LogP contribution in [0.1, 0.15) is 11.4 Å². The molecule has 74 valence electrons. The maximum Gasteiger partial charge on any atom is 0.262 e. The minimum atomic E-state index is -0.632. The zero-order chi connectivity index (χ0) is 10.1. The lowest BCUT2D eigenvalue weighted by molar-refractivity contribution is -0.120. The lowest BCUT2D eigenvalue weighted by Crippen LogP contribution is -2.38. The third-order valence-corrected chi connectivity index (χ3v) is 2.07. The number of rotatable bonds is 2. The molecule has 1 aliphatic rings. The summed E-state index contributed by atoms with van der Waals surface area (Å²) in [7, 11) is 0. The van der Waals surface area contributed by atoms with Crippen molar-refractivity contribution in [3.05, 3.63) is 17.5 Å². The Labute approximate surface area is 80.6 Å². The molecule has 2 heterocycles. The molecule has 0 fully saturated rings. The molecule has 1 unspecified atom stereocenters. The van der Waals surface area contributed by atoms with E-state index in [1.807, 2.05) is 13.0 Å². The Bertz CT molecular complexity index is 394. The first-order valence-electron chi connectivity index (χ1n) is 4.29. The van der Waals surface area contributed by atoms with Gasteiger partial charge in [0.1, 0.15) is 6.04 Å². The van der Waals surface area contributed by atoms with Crippen molar-refractivity contribution in [1.29, 1.82) is 0 Å². The lowest BCUT2D eigenvalue weighted by Gasteiger charge is -2.00. The van der Waals surface area contributed by atoms with Crippen LogP contribution >= 0.6 is 0 Å². The largest absolute Gasteiger partial charge is 0.315 e. The minimum Gasteiger partial charge on any atom is -0.315 e. The third-order valence-electron chi connectivity index (χ3n) is 2.07. The van der Waals surface area contributed by atoms with Crippen molar-refractivity contribution < 1.29 is 4.79 Å². The Morgan fingerprint density at radius 1 is 1.64 bits per heavy atom. The molecule has 0 saturated heterocycles. The van der Waals surface area contributed by atoms with Gasteiger partial charge in [0, 0.05) is 12.1 Å². The number of hydrogen-bond acceptors (Lipinski definition) is 4. The van der Waals surface area contributed by atoms with Crippen LogP contribution in [0.15, 0.2) is 11.2 Å². The molecule has 1 amide bonds. The van der Waals surface area contributed by atoms with Crippen LogP contribution in [0.2, 0.25) is 0 Å². The molecule has 0 radical (unpaired) electrons. The normalized spacial score (nSPS) is 20.9. The average Bonchev–Trinajstić information content (AvgIpc) is 2.67. The molecule has 0 aliphatic carbocycles. The smallest absolute Gasteiger partial charge is 0.262 e. The predicted octanol–water partition coefficient (Wildman–Crippen LogP) is -0.926. The number of hydrogen-bond donors (Lipinski definition) is 3. The Morgan fingerprint density at radius 2 is 2.43 bits per heavy atom. The molecule has 0 aromatic carbocycles. The van der Waals surface area contributed by atoms with Crippen molar-refractivity contribution in [2.24, 2.45) is 10.8 Å². The fourth-order valence-electron chi connectivity index (χ4n) is 1.32. The van der Waals surface area contributed by atoms with Crippen LogP contribution < -0.4 is 11.2 Å². The van der Waals surface area contributed by atoms with Crippen LogP contribution in [0.3, 0.4) is 0 Å². The standard InChI is InChI=1S/C8H11N5O/c1-4-2-5(11-10-4)3-6-7(9)8(14)13-12-6/h2,7H,3,9H2,1H3,(H,10,11)(H,13,14). The summed E-state index contributed by atoms with van der Waals surface area (Å²) in [4.78, 5) is 11.0. The van der Waals surface area contributed by atoms with Crippen LogP contribution in [-0.4, -0.2) is 27.9 Å². The van der Waals surface area contributed by atoms with E-state index in [4.69, 9.17) is 5.73 Å². The molecule has 14 heavy (non-hydrogen) atoms. The van der Waals surface area contributed by atoms with Gasteiger partial charge in [-0.15, -0.1) is 0 Å². The van der Waals surface area contributed by atoms with E-state index >= 15 is 0 Å². The average molecular weight is 193 g/mol. The van der Waals surface area contributed by atoms with Gasteiger partial charge in [-0.3, -0.25) is 9.89 Å². The van der Waals surface area contributed by atoms with E-state index in [2.05, 4.69) is 20.7 Å². The maximum atomic E-state index is 11.0. The highest BCUT2D eigenvalue weighted by Gasteiger charge is 2.26.